The van der Waals surface area contributed by atoms with E-state index in [2.05, 4.69) is 45.7 Å². The van der Waals surface area contributed by atoms with Crippen LogP contribution in [0.5, 0.6) is 0 Å². The van der Waals surface area contributed by atoms with E-state index in [1.807, 2.05) is 0 Å². The molecule has 0 aliphatic carbocycles. The molecule has 7 heteroatoms. The van der Waals surface area contributed by atoms with E-state index in [1.165, 1.54) is 23.2 Å². The molecule has 2 aromatic carbocycles. The fraction of sp³-hybridized carbons (Fsp3) is 0.440. The lowest BCUT2D eigenvalue weighted by Gasteiger charge is -2.36. The van der Waals surface area contributed by atoms with Crippen LogP contribution in [0, 0.1) is 0 Å². The number of para-hydroxylation sites is 1. The van der Waals surface area contributed by atoms with Crippen LogP contribution in [-0.2, 0) is 16.0 Å². The molecule has 2 heterocycles. The fourth-order valence-corrected chi connectivity index (χ4v) is 4.89. The Morgan fingerprint density at radius 1 is 1.00 bits per heavy atom. The summed E-state index contributed by atoms with van der Waals surface area (Å²) in [4.78, 5) is 29.7. The van der Waals surface area contributed by atoms with Gasteiger partial charge in [-0.25, -0.2) is 0 Å². The molecule has 2 aliphatic heterocycles. The van der Waals surface area contributed by atoms with E-state index in [0.29, 0.717) is 17.3 Å². The van der Waals surface area contributed by atoms with Crippen LogP contribution in [0.25, 0.3) is 0 Å². The standard InChI is InChI=1S/C25H31ClN4O2/c1-29-13-7-8-18-16-19(11-12-22(18)29)23(30-14-5-2-6-15-30)17-27-24(31)25(32)28-21-10-4-3-9-20(21)26/h3-4,9-12,16,23H,2,5-8,13-15,17H2,1H3,(H,27,31)(H,28,32). The number of piperidine rings is 1. The number of amides is 2. The average molecular weight is 455 g/mol. The van der Waals surface area contributed by atoms with Crippen molar-refractivity contribution in [1.82, 2.24) is 10.2 Å². The van der Waals surface area contributed by atoms with Crippen molar-refractivity contribution >= 4 is 34.8 Å². The minimum atomic E-state index is -0.706. The van der Waals surface area contributed by atoms with Crippen LogP contribution in [-0.4, -0.2) is 49.9 Å². The first-order valence-corrected chi connectivity index (χ1v) is 11.8. The molecule has 0 spiro atoms. The SMILES string of the molecule is CN1CCCc2cc(C(CNC(=O)C(=O)Nc3ccccc3Cl)N3CCCCC3)ccc21. The van der Waals surface area contributed by atoms with Crippen molar-refractivity contribution in [2.24, 2.45) is 0 Å². The van der Waals surface area contributed by atoms with Crippen LogP contribution < -0.4 is 15.5 Å². The first kappa shape index (κ1) is 22.6. The smallest absolute Gasteiger partial charge is 0.313 e. The maximum Gasteiger partial charge on any atom is 0.313 e. The summed E-state index contributed by atoms with van der Waals surface area (Å²) in [6.45, 7) is 3.48. The summed E-state index contributed by atoms with van der Waals surface area (Å²) >= 11 is 6.09. The van der Waals surface area contributed by atoms with Gasteiger partial charge in [0.05, 0.1) is 16.8 Å². The molecule has 4 rings (SSSR count). The number of carbonyl (C=O) groups excluding carboxylic acids is 2. The highest BCUT2D eigenvalue weighted by Crippen LogP contribution is 2.31. The Kier molecular flexibility index (Phi) is 7.33. The van der Waals surface area contributed by atoms with Crippen LogP contribution in [0.4, 0.5) is 11.4 Å². The van der Waals surface area contributed by atoms with Gasteiger partial charge in [-0.2, -0.15) is 0 Å². The zero-order valence-corrected chi connectivity index (χ0v) is 19.3. The van der Waals surface area contributed by atoms with Gasteiger partial charge >= 0.3 is 11.8 Å². The van der Waals surface area contributed by atoms with Crippen molar-refractivity contribution in [1.29, 1.82) is 0 Å². The monoisotopic (exact) mass is 454 g/mol. The molecule has 0 radical (unpaired) electrons. The Labute approximate surface area is 194 Å². The second kappa shape index (κ2) is 10.4. The van der Waals surface area contributed by atoms with Gasteiger partial charge < -0.3 is 15.5 Å². The van der Waals surface area contributed by atoms with Crippen molar-refractivity contribution in [3.05, 3.63) is 58.6 Å². The van der Waals surface area contributed by atoms with Gasteiger partial charge in [0.15, 0.2) is 0 Å². The highest BCUT2D eigenvalue weighted by atomic mass is 35.5. The molecule has 1 fully saturated rings. The molecule has 0 aromatic heterocycles. The molecule has 1 atom stereocenters. The molecule has 1 unspecified atom stereocenters. The lowest BCUT2D eigenvalue weighted by atomic mass is 9.95. The molecule has 0 bridgehead atoms. The molecule has 6 nitrogen and oxygen atoms in total. The Bertz CT molecular complexity index is 974. The molecule has 1 saturated heterocycles. The number of anilines is 2. The summed E-state index contributed by atoms with van der Waals surface area (Å²) in [5.74, 6) is -1.35. The number of halogens is 1. The third-order valence-corrected chi connectivity index (χ3v) is 6.78. The predicted octanol–water partition coefficient (Wildman–Crippen LogP) is 4.00. The zero-order valence-electron chi connectivity index (χ0n) is 18.6. The van der Waals surface area contributed by atoms with Gasteiger partial charge in [0.25, 0.3) is 0 Å². The number of aryl methyl sites for hydroxylation is 1. The molecule has 2 aromatic rings. The van der Waals surface area contributed by atoms with Gasteiger partial charge in [-0.3, -0.25) is 14.5 Å². The second-order valence-electron chi connectivity index (χ2n) is 8.67. The highest BCUT2D eigenvalue weighted by Gasteiger charge is 2.26. The molecule has 0 saturated carbocycles. The van der Waals surface area contributed by atoms with Crippen LogP contribution >= 0.6 is 11.6 Å². The van der Waals surface area contributed by atoms with Gasteiger partial charge in [-0.1, -0.05) is 42.3 Å². The lowest BCUT2D eigenvalue weighted by molar-refractivity contribution is -0.136. The lowest BCUT2D eigenvalue weighted by Crippen LogP contribution is -2.43. The van der Waals surface area contributed by atoms with Crippen LogP contribution in [0.1, 0.15) is 42.9 Å². The Morgan fingerprint density at radius 3 is 2.56 bits per heavy atom. The average Bonchev–Trinajstić information content (AvgIpc) is 2.81. The minimum Gasteiger partial charge on any atom is -0.374 e. The van der Waals surface area contributed by atoms with E-state index < -0.39 is 11.8 Å². The first-order valence-electron chi connectivity index (χ1n) is 11.4. The molecular weight excluding hydrogens is 424 g/mol. The Hall–Kier alpha value is -2.57. The predicted molar refractivity (Wildman–Crippen MR) is 129 cm³/mol. The summed E-state index contributed by atoms with van der Waals surface area (Å²) in [6, 6.07) is 13.6. The number of nitrogens with zero attached hydrogens (tertiary/aromatic N) is 2. The number of rotatable bonds is 5. The number of benzene rings is 2. The molecule has 2 amide bonds. The summed E-state index contributed by atoms with van der Waals surface area (Å²) < 4.78 is 0. The normalized spacial score (nSPS) is 17.4. The van der Waals surface area contributed by atoms with Gasteiger partial charge in [0, 0.05) is 25.8 Å². The topological polar surface area (TPSA) is 64.7 Å². The fourth-order valence-electron chi connectivity index (χ4n) is 4.71. The summed E-state index contributed by atoms with van der Waals surface area (Å²) in [5, 5.41) is 5.86. The Balaban J connectivity index is 1.47. The third kappa shape index (κ3) is 5.25. The largest absolute Gasteiger partial charge is 0.374 e. The second-order valence-corrected chi connectivity index (χ2v) is 9.08. The van der Waals surface area contributed by atoms with Crippen molar-refractivity contribution in [2.75, 3.05) is 43.4 Å². The van der Waals surface area contributed by atoms with Crippen molar-refractivity contribution in [2.45, 2.75) is 38.1 Å². The quantitative estimate of drug-likeness (QED) is 0.670. The molecule has 2 N–H and O–H groups in total. The van der Waals surface area contributed by atoms with E-state index >= 15 is 0 Å². The zero-order chi connectivity index (χ0) is 22.5. The minimum absolute atomic E-state index is 0.0462. The summed E-state index contributed by atoms with van der Waals surface area (Å²) in [5.41, 5.74) is 4.29. The first-order chi connectivity index (χ1) is 15.5. The molecule has 32 heavy (non-hydrogen) atoms. The van der Waals surface area contributed by atoms with Crippen molar-refractivity contribution in [3.63, 3.8) is 0 Å². The number of hydrogen-bond acceptors (Lipinski definition) is 4. The molecule has 170 valence electrons. The summed E-state index contributed by atoms with van der Waals surface area (Å²) in [7, 11) is 2.14. The van der Waals surface area contributed by atoms with Gasteiger partial charge in [-0.05, 0) is 68.1 Å². The number of likely N-dealkylation sites (tertiary alicyclic amines) is 1. The summed E-state index contributed by atoms with van der Waals surface area (Å²) in [6.07, 6.45) is 5.79. The van der Waals surface area contributed by atoms with E-state index in [9.17, 15) is 9.59 Å². The number of hydrogen-bond donors (Lipinski definition) is 2. The number of carbonyl (C=O) groups is 2. The van der Waals surface area contributed by atoms with E-state index in [0.717, 1.165) is 45.3 Å². The van der Waals surface area contributed by atoms with Gasteiger partial charge in [0.2, 0.25) is 0 Å². The van der Waals surface area contributed by atoms with E-state index in [-0.39, 0.29) is 6.04 Å². The van der Waals surface area contributed by atoms with Crippen LogP contribution in [0.3, 0.4) is 0 Å². The maximum absolute atomic E-state index is 12.6. The van der Waals surface area contributed by atoms with Gasteiger partial charge in [-0.15, -0.1) is 0 Å². The third-order valence-electron chi connectivity index (χ3n) is 6.45. The van der Waals surface area contributed by atoms with E-state index in [1.54, 1.807) is 24.3 Å². The highest BCUT2D eigenvalue weighted by molar-refractivity contribution is 6.41. The van der Waals surface area contributed by atoms with Crippen molar-refractivity contribution < 1.29 is 9.59 Å². The van der Waals surface area contributed by atoms with E-state index in [4.69, 9.17) is 11.6 Å². The maximum atomic E-state index is 12.6. The number of nitrogens with one attached hydrogen (secondary N) is 2. The van der Waals surface area contributed by atoms with Crippen LogP contribution in [0.2, 0.25) is 5.02 Å². The molecule has 2 aliphatic rings. The van der Waals surface area contributed by atoms with Gasteiger partial charge in [0.1, 0.15) is 0 Å². The Morgan fingerprint density at radius 2 is 1.78 bits per heavy atom. The number of fused-ring (bicyclic) bond motifs is 1. The van der Waals surface area contributed by atoms with Crippen LogP contribution in [0.15, 0.2) is 42.5 Å². The van der Waals surface area contributed by atoms with Crippen molar-refractivity contribution in [3.8, 4) is 0 Å². The molecular formula is C25H31ClN4O2.